The van der Waals surface area contributed by atoms with Gasteiger partial charge in [-0.15, -0.1) is 0 Å². The molecule has 0 spiro atoms. The fourth-order valence-electron chi connectivity index (χ4n) is 3.48. The molecule has 8 nitrogen and oxygen atoms in total. The summed E-state index contributed by atoms with van der Waals surface area (Å²) >= 11 is 0. The van der Waals surface area contributed by atoms with Gasteiger partial charge < -0.3 is 23.8 Å². The maximum absolute atomic E-state index is 12.8. The lowest BCUT2D eigenvalue weighted by atomic mass is 10.2. The van der Waals surface area contributed by atoms with Crippen LogP contribution in [-0.4, -0.2) is 43.3 Å². The molecule has 0 radical (unpaired) electrons. The van der Waals surface area contributed by atoms with E-state index in [1.54, 1.807) is 0 Å². The number of hydrogen-bond donors (Lipinski definition) is 1. The van der Waals surface area contributed by atoms with E-state index in [1.165, 1.54) is 0 Å². The lowest BCUT2D eigenvalue weighted by molar-refractivity contribution is -0.353. The third-order valence-corrected chi connectivity index (χ3v) is 6.06. The minimum Gasteiger partial charge on any atom is -0.327 e. The number of rotatable bonds is 16. The van der Waals surface area contributed by atoms with Gasteiger partial charge in [0, 0.05) is 12.8 Å². The Labute approximate surface area is 175 Å². The number of unbranched alkanes of at least 4 members (excludes halogenated alkanes) is 6. The molecule has 0 amide bonds. The Morgan fingerprint density at radius 3 is 1.59 bits per heavy atom. The van der Waals surface area contributed by atoms with Crippen LogP contribution in [0.3, 0.4) is 0 Å². The van der Waals surface area contributed by atoms with Crippen LogP contribution >= 0.6 is 7.82 Å². The first-order valence-corrected chi connectivity index (χ1v) is 12.7. The summed E-state index contributed by atoms with van der Waals surface area (Å²) in [5.74, 6) is -3.09. The van der Waals surface area contributed by atoms with Crippen molar-refractivity contribution in [2.75, 3.05) is 26.4 Å². The highest BCUT2D eigenvalue weighted by atomic mass is 31.2. The standard InChI is InChI=1S/C20H39O8P/c1-3-5-7-9-15-23-19(13-11-17-25-19)27-29(21,22)28-20(14-12-18-26-20)24-16-10-8-6-4-2/h3-18H2,1-2H3,(H,21,22). The summed E-state index contributed by atoms with van der Waals surface area (Å²) in [6.45, 7) is 5.88. The minimum atomic E-state index is -4.54. The van der Waals surface area contributed by atoms with Gasteiger partial charge in [0.25, 0.3) is 11.9 Å². The molecular formula is C20H39O8P. The molecule has 2 aliphatic rings. The van der Waals surface area contributed by atoms with Crippen LogP contribution in [0.4, 0.5) is 0 Å². The van der Waals surface area contributed by atoms with Crippen LogP contribution in [0.25, 0.3) is 0 Å². The molecule has 2 atom stereocenters. The second-order valence-electron chi connectivity index (χ2n) is 7.74. The average molecular weight is 438 g/mol. The van der Waals surface area contributed by atoms with Crippen molar-refractivity contribution < 1.29 is 37.5 Å². The Morgan fingerprint density at radius 2 is 1.24 bits per heavy atom. The average Bonchev–Trinajstić information content (AvgIpc) is 3.31. The third-order valence-electron chi connectivity index (χ3n) is 5.05. The van der Waals surface area contributed by atoms with Gasteiger partial charge in [0.1, 0.15) is 0 Å². The van der Waals surface area contributed by atoms with Gasteiger partial charge in [-0.2, -0.15) is 0 Å². The highest BCUT2D eigenvalue weighted by Crippen LogP contribution is 2.55. The summed E-state index contributed by atoms with van der Waals surface area (Å²) in [4.78, 5) is 10.4. The van der Waals surface area contributed by atoms with Crippen LogP contribution < -0.4 is 0 Å². The van der Waals surface area contributed by atoms with Crippen molar-refractivity contribution in [3.63, 3.8) is 0 Å². The first-order chi connectivity index (χ1) is 13.9. The molecule has 1 N–H and O–H groups in total. The Hall–Kier alpha value is -0.0500. The molecular weight excluding hydrogens is 399 g/mol. The Morgan fingerprint density at radius 1 is 0.793 bits per heavy atom. The summed E-state index contributed by atoms with van der Waals surface area (Å²) in [7, 11) is -4.54. The van der Waals surface area contributed by atoms with Crippen molar-refractivity contribution in [3.8, 4) is 0 Å². The molecule has 0 bridgehead atoms. The van der Waals surface area contributed by atoms with Crippen LogP contribution in [0.2, 0.25) is 0 Å². The molecule has 0 aromatic rings. The molecule has 2 heterocycles. The Bertz CT molecular complexity index is 449. The number of phosphoric acid groups is 1. The summed E-state index contributed by atoms with van der Waals surface area (Å²) in [5.41, 5.74) is 0. The second-order valence-corrected chi connectivity index (χ2v) is 9.04. The van der Waals surface area contributed by atoms with Gasteiger partial charge in [-0.05, 0) is 25.7 Å². The van der Waals surface area contributed by atoms with Gasteiger partial charge in [0.2, 0.25) is 0 Å². The van der Waals surface area contributed by atoms with Gasteiger partial charge in [0.15, 0.2) is 0 Å². The maximum Gasteiger partial charge on any atom is 0.480 e. The van der Waals surface area contributed by atoms with Crippen molar-refractivity contribution in [1.82, 2.24) is 0 Å². The molecule has 2 fully saturated rings. The van der Waals surface area contributed by atoms with Crippen molar-refractivity contribution in [2.24, 2.45) is 0 Å². The zero-order valence-corrected chi connectivity index (χ0v) is 19.0. The fraction of sp³-hybridized carbons (Fsp3) is 1.00. The minimum absolute atomic E-state index is 0.375. The van der Waals surface area contributed by atoms with Crippen molar-refractivity contribution in [3.05, 3.63) is 0 Å². The molecule has 172 valence electrons. The van der Waals surface area contributed by atoms with Crippen LogP contribution in [0.5, 0.6) is 0 Å². The first kappa shape index (κ1) is 25.2. The predicted molar refractivity (Wildman–Crippen MR) is 108 cm³/mol. The molecule has 2 saturated heterocycles. The summed E-state index contributed by atoms with van der Waals surface area (Å²) in [6, 6.07) is 0. The zero-order valence-electron chi connectivity index (χ0n) is 18.1. The van der Waals surface area contributed by atoms with E-state index >= 15 is 0 Å². The van der Waals surface area contributed by atoms with Crippen LogP contribution in [0.15, 0.2) is 0 Å². The maximum atomic E-state index is 12.8. The van der Waals surface area contributed by atoms with Crippen molar-refractivity contribution in [2.45, 2.75) is 103 Å². The highest BCUT2D eigenvalue weighted by Gasteiger charge is 2.50. The molecule has 0 aliphatic carbocycles. The topological polar surface area (TPSA) is 92.7 Å². The molecule has 9 heteroatoms. The second kappa shape index (κ2) is 12.7. The molecule has 2 aliphatic heterocycles. The van der Waals surface area contributed by atoms with E-state index in [4.69, 9.17) is 28.0 Å². The third kappa shape index (κ3) is 8.91. The van der Waals surface area contributed by atoms with Crippen LogP contribution in [-0.2, 0) is 32.6 Å². The monoisotopic (exact) mass is 438 g/mol. The van der Waals surface area contributed by atoms with Crippen molar-refractivity contribution >= 4 is 7.82 Å². The number of hydrogen-bond acceptors (Lipinski definition) is 7. The molecule has 0 aromatic heterocycles. The normalized spacial score (nSPS) is 29.3. The number of ether oxygens (including phenoxy) is 4. The van der Waals surface area contributed by atoms with Gasteiger partial charge in [0.05, 0.1) is 26.4 Å². The van der Waals surface area contributed by atoms with Gasteiger partial charge in [-0.3, -0.25) is 0 Å². The van der Waals surface area contributed by atoms with Gasteiger partial charge >= 0.3 is 7.82 Å². The summed E-state index contributed by atoms with van der Waals surface area (Å²) in [5, 5.41) is 0. The predicted octanol–water partition coefficient (Wildman–Crippen LogP) is 5.24. The zero-order chi connectivity index (χ0) is 21.1. The summed E-state index contributed by atoms with van der Waals surface area (Å²) < 4.78 is 46.3. The van der Waals surface area contributed by atoms with E-state index < -0.39 is 19.8 Å². The first-order valence-electron chi connectivity index (χ1n) is 11.2. The smallest absolute Gasteiger partial charge is 0.327 e. The van der Waals surface area contributed by atoms with E-state index in [0.29, 0.717) is 52.1 Å². The fourth-order valence-corrected chi connectivity index (χ4v) is 4.62. The lowest BCUT2D eigenvalue weighted by Gasteiger charge is -2.33. The molecule has 0 saturated carbocycles. The Balaban J connectivity index is 1.89. The van der Waals surface area contributed by atoms with Gasteiger partial charge in [-0.25, -0.2) is 13.6 Å². The van der Waals surface area contributed by atoms with Crippen LogP contribution in [0, 0.1) is 0 Å². The molecule has 0 aromatic carbocycles. The molecule has 2 rings (SSSR count). The van der Waals surface area contributed by atoms with E-state index in [2.05, 4.69) is 13.8 Å². The van der Waals surface area contributed by atoms with E-state index in [-0.39, 0.29) is 0 Å². The van der Waals surface area contributed by atoms with Crippen LogP contribution in [0.1, 0.15) is 90.9 Å². The largest absolute Gasteiger partial charge is 0.480 e. The lowest BCUT2D eigenvalue weighted by Crippen LogP contribution is -2.38. The van der Waals surface area contributed by atoms with E-state index in [1.807, 2.05) is 0 Å². The van der Waals surface area contributed by atoms with E-state index in [0.717, 1.165) is 51.4 Å². The number of phosphoric ester groups is 1. The van der Waals surface area contributed by atoms with Gasteiger partial charge in [-0.1, -0.05) is 52.4 Å². The molecule has 2 unspecified atom stereocenters. The highest BCUT2D eigenvalue weighted by molar-refractivity contribution is 7.47. The Kier molecular flexibility index (Phi) is 11.1. The molecule has 29 heavy (non-hydrogen) atoms. The summed E-state index contributed by atoms with van der Waals surface area (Å²) in [6.07, 6.45) is 10.3. The van der Waals surface area contributed by atoms with E-state index in [9.17, 15) is 9.46 Å². The van der Waals surface area contributed by atoms with Crippen molar-refractivity contribution in [1.29, 1.82) is 0 Å². The SMILES string of the molecule is CCCCCCOC1(OP(=O)(O)OC2(OCCCCCC)CCCO2)CCCO1. The quantitative estimate of drug-likeness (QED) is 0.199.